The number of aryl methyl sites for hydroxylation is 1. The van der Waals surface area contributed by atoms with Crippen LogP contribution in [0.5, 0.6) is 5.75 Å². The first-order valence-corrected chi connectivity index (χ1v) is 6.85. The van der Waals surface area contributed by atoms with Gasteiger partial charge in [0.25, 0.3) is 5.91 Å². The lowest BCUT2D eigenvalue weighted by atomic mass is 10.1. The van der Waals surface area contributed by atoms with Crippen molar-refractivity contribution in [1.29, 1.82) is 0 Å². The highest BCUT2D eigenvalue weighted by molar-refractivity contribution is 6.17. The summed E-state index contributed by atoms with van der Waals surface area (Å²) in [4.78, 5) is 12.0. The molecule has 0 saturated heterocycles. The number of amides is 1. The molecule has 0 unspecified atom stereocenters. The Morgan fingerprint density at radius 1 is 1.15 bits per heavy atom. The third-order valence-electron chi connectivity index (χ3n) is 3.03. The van der Waals surface area contributed by atoms with Crippen LogP contribution in [0.4, 0.5) is 0 Å². The minimum atomic E-state index is -0.285. The minimum absolute atomic E-state index is 0.00871. The Kier molecular flexibility index (Phi) is 4.64. The van der Waals surface area contributed by atoms with E-state index in [1.54, 1.807) is 12.1 Å². The molecule has 0 heterocycles. The molecule has 0 fully saturated rings. The number of carbonyl (C=O) groups is 1. The fraction of sp³-hybridized carbons (Fsp3) is 0.188. The summed E-state index contributed by atoms with van der Waals surface area (Å²) in [5.41, 5.74) is 3.25. The molecule has 1 amide bonds. The number of halogens is 1. The molecule has 0 spiro atoms. The van der Waals surface area contributed by atoms with Gasteiger partial charge in [-0.3, -0.25) is 4.79 Å². The Morgan fingerprint density at radius 3 is 2.45 bits per heavy atom. The number of carbonyl (C=O) groups excluding carboxylic acids is 1. The van der Waals surface area contributed by atoms with Crippen LogP contribution in [0.1, 0.15) is 27.0 Å². The van der Waals surface area contributed by atoms with Crippen molar-refractivity contribution in [2.75, 3.05) is 0 Å². The second kappa shape index (κ2) is 6.44. The molecular formula is C16H16ClNO2. The third kappa shape index (κ3) is 3.52. The molecule has 0 radical (unpaired) electrons. The zero-order valence-electron chi connectivity index (χ0n) is 11.2. The molecule has 0 atom stereocenters. The van der Waals surface area contributed by atoms with Crippen LogP contribution in [0.3, 0.4) is 0 Å². The molecule has 0 aromatic heterocycles. The predicted molar refractivity (Wildman–Crippen MR) is 80.0 cm³/mol. The van der Waals surface area contributed by atoms with E-state index in [1.165, 1.54) is 6.07 Å². The first kappa shape index (κ1) is 14.4. The Balaban J connectivity index is 2.02. The molecule has 0 aliphatic rings. The zero-order valence-corrected chi connectivity index (χ0v) is 11.9. The highest BCUT2D eigenvalue weighted by Crippen LogP contribution is 2.18. The standard InChI is InChI=1S/C16H16ClNO2/c1-11-2-7-15(19)14(8-11)16(20)18-10-13-5-3-12(9-17)4-6-13/h2-8,19H,9-10H2,1H3,(H,18,20). The van der Waals surface area contributed by atoms with E-state index < -0.39 is 0 Å². The Hall–Kier alpha value is -2.00. The van der Waals surface area contributed by atoms with Crippen LogP contribution in [-0.4, -0.2) is 11.0 Å². The van der Waals surface area contributed by atoms with Gasteiger partial charge in [-0.2, -0.15) is 0 Å². The van der Waals surface area contributed by atoms with Crippen LogP contribution < -0.4 is 5.32 Å². The van der Waals surface area contributed by atoms with E-state index in [0.29, 0.717) is 18.0 Å². The smallest absolute Gasteiger partial charge is 0.255 e. The van der Waals surface area contributed by atoms with Crippen molar-refractivity contribution >= 4 is 17.5 Å². The van der Waals surface area contributed by atoms with E-state index >= 15 is 0 Å². The van der Waals surface area contributed by atoms with Gasteiger partial charge in [0.2, 0.25) is 0 Å². The molecule has 0 aliphatic heterocycles. The normalized spacial score (nSPS) is 10.3. The van der Waals surface area contributed by atoms with Gasteiger partial charge in [0.15, 0.2) is 0 Å². The summed E-state index contributed by atoms with van der Waals surface area (Å²) >= 11 is 5.72. The lowest BCUT2D eigenvalue weighted by Crippen LogP contribution is -2.22. The fourth-order valence-electron chi connectivity index (χ4n) is 1.86. The average molecular weight is 290 g/mol. The number of aromatic hydroxyl groups is 1. The number of alkyl halides is 1. The van der Waals surface area contributed by atoms with Gasteiger partial charge < -0.3 is 10.4 Å². The summed E-state index contributed by atoms with van der Waals surface area (Å²) in [6.45, 7) is 2.29. The van der Waals surface area contributed by atoms with Crippen molar-refractivity contribution < 1.29 is 9.90 Å². The number of phenols is 1. The van der Waals surface area contributed by atoms with Gasteiger partial charge in [-0.1, -0.05) is 35.9 Å². The van der Waals surface area contributed by atoms with E-state index in [1.807, 2.05) is 31.2 Å². The SMILES string of the molecule is Cc1ccc(O)c(C(=O)NCc2ccc(CCl)cc2)c1. The maximum absolute atomic E-state index is 12.0. The van der Waals surface area contributed by atoms with Crippen LogP contribution in [0, 0.1) is 6.92 Å². The van der Waals surface area contributed by atoms with E-state index in [0.717, 1.165) is 16.7 Å². The summed E-state index contributed by atoms with van der Waals surface area (Å²) in [5, 5.41) is 12.5. The first-order valence-electron chi connectivity index (χ1n) is 6.32. The van der Waals surface area contributed by atoms with Crippen molar-refractivity contribution in [3.8, 4) is 5.75 Å². The first-order chi connectivity index (χ1) is 9.60. The second-order valence-corrected chi connectivity index (χ2v) is 4.92. The van der Waals surface area contributed by atoms with Crippen molar-refractivity contribution in [2.24, 2.45) is 0 Å². The Morgan fingerprint density at radius 2 is 1.80 bits per heavy atom. The van der Waals surface area contributed by atoms with E-state index in [-0.39, 0.29) is 11.7 Å². The van der Waals surface area contributed by atoms with Gasteiger partial charge in [0.05, 0.1) is 5.56 Å². The maximum atomic E-state index is 12.0. The lowest BCUT2D eigenvalue weighted by Gasteiger charge is -2.08. The highest BCUT2D eigenvalue weighted by Gasteiger charge is 2.10. The summed E-state index contributed by atoms with van der Waals surface area (Å²) in [7, 11) is 0. The molecule has 2 aromatic carbocycles. The van der Waals surface area contributed by atoms with Crippen LogP contribution in [0.25, 0.3) is 0 Å². The number of hydrogen-bond acceptors (Lipinski definition) is 2. The number of hydrogen-bond donors (Lipinski definition) is 2. The maximum Gasteiger partial charge on any atom is 0.255 e. The zero-order chi connectivity index (χ0) is 14.5. The van der Waals surface area contributed by atoms with E-state index in [2.05, 4.69) is 5.32 Å². The third-order valence-corrected chi connectivity index (χ3v) is 3.34. The molecule has 0 saturated carbocycles. The predicted octanol–water partition coefficient (Wildman–Crippen LogP) is 3.37. The fourth-order valence-corrected chi connectivity index (χ4v) is 2.03. The van der Waals surface area contributed by atoms with E-state index in [4.69, 9.17) is 11.6 Å². The number of benzene rings is 2. The second-order valence-electron chi connectivity index (χ2n) is 4.65. The molecule has 104 valence electrons. The van der Waals surface area contributed by atoms with Crippen molar-refractivity contribution in [1.82, 2.24) is 5.32 Å². The number of rotatable bonds is 4. The molecule has 2 rings (SSSR count). The van der Waals surface area contributed by atoms with Gasteiger partial charge in [-0.25, -0.2) is 0 Å². The van der Waals surface area contributed by atoms with Gasteiger partial charge in [-0.05, 0) is 30.2 Å². The Labute approximate surface area is 123 Å². The highest BCUT2D eigenvalue weighted by atomic mass is 35.5. The lowest BCUT2D eigenvalue weighted by molar-refractivity contribution is 0.0948. The molecule has 20 heavy (non-hydrogen) atoms. The summed E-state index contributed by atoms with van der Waals surface area (Å²) in [5.74, 6) is 0.183. The van der Waals surface area contributed by atoms with E-state index in [9.17, 15) is 9.90 Å². The van der Waals surface area contributed by atoms with Crippen LogP contribution in [-0.2, 0) is 12.4 Å². The molecule has 2 aromatic rings. The summed E-state index contributed by atoms with van der Waals surface area (Å²) < 4.78 is 0. The van der Waals surface area contributed by atoms with Crippen molar-refractivity contribution in [2.45, 2.75) is 19.3 Å². The monoisotopic (exact) mass is 289 g/mol. The van der Waals surface area contributed by atoms with Crippen molar-refractivity contribution in [3.05, 3.63) is 64.7 Å². The van der Waals surface area contributed by atoms with Crippen LogP contribution >= 0.6 is 11.6 Å². The molecule has 4 heteroatoms. The number of phenolic OH excluding ortho intramolecular Hbond substituents is 1. The van der Waals surface area contributed by atoms with Crippen LogP contribution in [0.2, 0.25) is 0 Å². The molecule has 3 nitrogen and oxygen atoms in total. The Bertz CT molecular complexity index is 608. The van der Waals surface area contributed by atoms with Crippen LogP contribution in [0.15, 0.2) is 42.5 Å². The molecule has 0 aliphatic carbocycles. The van der Waals surface area contributed by atoms with Gasteiger partial charge in [0, 0.05) is 12.4 Å². The quantitative estimate of drug-likeness (QED) is 0.848. The average Bonchev–Trinajstić information content (AvgIpc) is 2.47. The summed E-state index contributed by atoms with van der Waals surface area (Å²) in [6, 6.07) is 12.7. The summed E-state index contributed by atoms with van der Waals surface area (Å²) in [6.07, 6.45) is 0. The topological polar surface area (TPSA) is 49.3 Å². The molecular weight excluding hydrogens is 274 g/mol. The molecule has 2 N–H and O–H groups in total. The van der Waals surface area contributed by atoms with Crippen molar-refractivity contribution in [3.63, 3.8) is 0 Å². The number of nitrogens with one attached hydrogen (secondary N) is 1. The van der Waals surface area contributed by atoms with Gasteiger partial charge in [0.1, 0.15) is 5.75 Å². The molecule has 0 bridgehead atoms. The van der Waals surface area contributed by atoms with Gasteiger partial charge in [-0.15, -0.1) is 11.6 Å². The van der Waals surface area contributed by atoms with Gasteiger partial charge >= 0.3 is 0 Å². The minimum Gasteiger partial charge on any atom is -0.507 e. The largest absolute Gasteiger partial charge is 0.507 e.